The van der Waals surface area contributed by atoms with Crippen molar-refractivity contribution in [2.45, 2.75) is 44.9 Å². The van der Waals surface area contributed by atoms with Crippen LogP contribution in [-0.4, -0.2) is 43.5 Å². The molecule has 0 heterocycles. The molecule has 0 aromatic heterocycles. The molecule has 2 atom stereocenters. The van der Waals surface area contributed by atoms with Crippen LogP contribution in [0.2, 0.25) is 0 Å². The number of rotatable bonds is 8. The lowest BCUT2D eigenvalue weighted by Gasteiger charge is -2.29. The number of carbonyl (C=O) groups excluding carboxylic acids is 1. The van der Waals surface area contributed by atoms with Gasteiger partial charge in [-0.05, 0) is 51.3 Å². The molecule has 0 saturated carbocycles. The molecule has 4 nitrogen and oxygen atoms in total. The Bertz CT molecular complexity index is 925. The van der Waals surface area contributed by atoms with E-state index in [0.29, 0.717) is 12.6 Å². The van der Waals surface area contributed by atoms with Gasteiger partial charge in [0, 0.05) is 14.6 Å². The summed E-state index contributed by atoms with van der Waals surface area (Å²) in [6.07, 6.45) is -0.194. The number of amides is 1. The first-order valence-corrected chi connectivity index (χ1v) is 12.4. The summed E-state index contributed by atoms with van der Waals surface area (Å²) in [6.45, 7) is 5.50. The van der Waals surface area contributed by atoms with E-state index in [9.17, 15) is 9.90 Å². The van der Waals surface area contributed by atoms with Gasteiger partial charge in [-0.15, -0.1) is 0 Å². The Morgan fingerprint density at radius 3 is 1.79 bits per heavy atom. The van der Waals surface area contributed by atoms with Crippen molar-refractivity contribution in [1.29, 1.82) is 0 Å². The molecular weight excluding hydrogens is 428 g/mol. The number of hydrogen-bond acceptors (Lipinski definition) is 3. The number of carbonyl (C=O) groups is 1. The molecule has 3 rings (SSSR count). The quantitative estimate of drug-likeness (QED) is 0.391. The summed E-state index contributed by atoms with van der Waals surface area (Å²) in [5, 5.41) is 16.7. The van der Waals surface area contributed by atoms with Gasteiger partial charge in [0.1, 0.15) is 5.60 Å². The molecule has 0 spiro atoms. The van der Waals surface area contributed by atoms with E-state index in [1.807, 2.05) is 87.5 Å². The number of aliphatic hydroxyl groups is 1. The van der Waals surface area contributed by atoms with Crippen LogP contribution in [0.4, 0.5) is 4.79 Å². The van der Waals surface area contributed by atoms with Crippen molar-refractivity contribution >= 4 is 33.0 Å². The molecule has 0 aliphatic heterocycles. The summed E-state index contributed by atoms with van der Waals surface area (Å²) < 4.78 is 5.47. The van der Waals surface area contributed by atoms with Crippen LogP contribution >= 0.6 is 7.92 Å². The molecule has 6 heteroatoms. The number of ether oxygens (including phenoxy) is 1. The molecule has 171 valence electrons. The molecule has 0 saturated heterocycles. The second-order valence-corrected chi connectivity index (χ2v) is 11.0. The molecular formula is C27H32BNO3P. The van der Waals surface area contributed by atoms with Gasteiger partial charge in [-0.1, -0.05) is 91.0 Å². The van der Waals surface area contributed by atoms with Crippen LogP contribution in [-0.2, 0) is 11.2 Å². The fourth-order valence-corrected chi connectivity index (χ4v) is 5.91. The van der Waals surface area contributed by atoms with Gasteiger partial charge in [-0.25, -0.2) is 4.79 Å². The molecule has 2 N–H and O–H groups in total. The van der Waals surface area contributed by atoms with Gasteiger partial charge in [-0.3, -0.25) is 0 Å². The Hall–Kier alpha value is -2.62. The molecule has 3 radical (unpaired) electrons. The zero-order chi connectivity index (χ0) is 23.0. The van der Waals surface area contributed by atoms with Gasteiger partial charge in [0.25, 0.3) is 0 Å². The number of hydrogen-bond donors (Lipinski definition) is 2. The maximum absolute atomic E-state index is 12.6. The van der Waals surface area contributed by atoms with Crippen molar-refractivity contribution in [2.75, 3.05) is 6.16 Å². The van der Waals surface area contributed by atoms with E-state index in [1.165, 1.54) is 10.6 Å². The Labute approximate surface area is 200 Å². The Kier molecular flexibility index (Phi) is 10.2. The number of aliphatic hydroxyl groups excluding tert-OH is 1. The minimum Gasteiger partial charge on any atom is -0.444 e. The van der Waals surface area contributed by atoms with Crippen molar-refractivity contribution in [3.63, 3.8) is 0 Å². The van der Waals surface area contributed by atoms with Gasteiger partial charge in [0.2, 0.25) is 0 Å². The molecule has 0 bridgehead atoms. The maximum Gasteiger partial charge on any atom is 0.407 e. The fourth-order valence-electron chi connectivity index (χ4n) is 3.50. The number of alkyl carbamates (subject to hydrolysis) is 1. The minimum atomic E-state index is -0.791. The first-order chi connectivity index (χ1) is 15.3. The van der Waals surface area contributed by atoms with Gasteiger partial charge in [-0.2, -0.15) is 0 Å². The molecule has 1 amide bonds. The van der Waals surface area contributed by atoms with Crippen molar-refractivity contribution < 1.29 is 14.6 Å². The van der Waals surface area contributed by atoms with Crippen LogP contribution in [0.1, 0.15) is 26.3 Å². The van der Waals surface area contributed by atoms with Crippen molar-refractivity contribution in [3.05, 3.63) is 96.6 Å². The van der Waals surface area contributed by atoms with Crippen LogP contribution in [0.25, 0.3) is 0 Å². The first kappa shape index (κ1) is 26.6. The lowest BCUT2D eigenvalue weighted by Crippen LogP contribution is -2.48. The van der Waals surface area contributed by atoms with E-state index in [-0.39, 0.29) is 8.41 Å². The van der Waals surface area contributed by atoms with E-state index in [2.05, 4.69) is 29.6 Å². The SMILES string of the molecule is CC(C)(C)OC(=O)N[C@@H](Cc1ccccc1)[C@H](O)CP(c1ccccc1)c1ccccc1.[B]. The Morgan fingerprint density at radius 2 is 1.33 bits per heavy atom. The summed E-state index contributed by atoms with van der Waals surface area (Å²) in [4.78, 5) is 12.6. The van der Waals surface area contributed by atoms with Crippen LogP contribution in [0, 0.1) is 0 Å². The van der Waals surface area contributed by atoms with Crippen molar-refractivity contribution in [1.82, 2.24) is 5.32 Å². The van der Waals surface area contributed by atoms with E-state index in [1.54, 1.807) is 0 Å². The van der Waals surface area contributed by atoms with Gasteiger partial charge >= 0.3 is 6.09 Å². The molecule has 3 aromatic carbocycles. The highest BCUT2D eigenvalue weighted by molar-refractivity contribution is 7.73. The van der Waals surface area contributed by atoms with Gasteiger partial charge < -0.3 is 15.2 Å². The summed E-state index contributed by atoms with van der Waals surface area (Å²) in [5.74, 6) is 0. The fraction of sp³-hybridized carbons (Fsp3) is 0.296. The summed E-state index contributed by atoms with van der Waals surface area (Å²) in [5.41, 5.74) is 0.448. The van der Waals surface area contributed by atoms with Crippen LogP contribution in [0.5, 0.6) is 0 Å². The normalized spacial score (nSPS) is 13.0. The molecule has 0 fully saturated rings. The highest BCUT2D eigenvalue weighted by Gasteiger charge is 2.28. The number of nitrogens with one attached hydrogen (secondary N) is 1. The monoisotopic (exact) mass is 460 g/mol. The zero-order valence-corrected chi connectivity index (χ0v) is 20.4. The van der Waals surface area contributed by atoms with Crippen LogP contribution in [0.3, 0.4) is 0 Å². The highest BCUT2D eigenvalue weighted by Crippen LogP contribution is 2.35. The van der Waals surface area contributed by atoms with Crippen molar-refractivity contribution in [2.24, 2.45) is 0 Å². The van der Waals surface area contributed by atoms with Crippen LogP contribution < -0.4 is 15.9 Å². The number of benzene rings is 3. The average Bonchev–Trinajstić information content (AvgIpc) is 2.77. The minimum absolute atomic E-state index is 0. The average molecular weight is 460 g/mol. The first-order valence-electron chi connectivity index (χ1n) is 10.9. The Balaban J connectivity index is 0.00000385. The summed E-state index contributed by atoms with van der Waals surface area (Å²) in [7, 11) is -0.791. The predicted molar refractivity (Wildman–Crippen MR) is 139 cm³/mol. The lowest BCUT2D eigenvalue weighted by atomic mass is 10.0. The third-order valence-electron chi connectivity index (χ3n) is 4.97. The van der Waals surface area contributed by atoms with E-state index in [0.717, 1.165) is 5.56 Å². The summed E-state index contributed by atoms with van der Waals surface area (Å²) >= 11 is 0. The Morgan fingerprint density at radius 1 is 0.879 bits per heavy atom. The third kappa shape index (κ3) is 8.68. The molecule has 0 aliphatic rings. The largest absolute Gasteiger partial charge is 0.444 e. The third-order valence-corrected chi connectivity index (χ3v) is 7.55. The molecule has 0 unspecified atom stereocenters. The van der Waals surface area contributed by atoms with E-state index < -0.39 is 31.8 Å². The summed E-state index contributed by atoms with van der Waals surface area (Å²) in [6, 6.07) is 30.0. The topological polar surface area (TPSA) is 58.6 Å². The smallest absolute Gasteiger partial charge is 0.407 e. The second-order valence-electron chi connectivity index (χ2n) is 8.79. The highest BCUT2D eigenvalue weighted by atomic mass is 31.1. The van der Waals surface area contributed by atoms with Gasteiger partial charge in [0.15, 0.2) is 0 Å². The van der Waals surface area contributed by atoms with Crippen molar-refractivity contribution in [3.8, 4) is 0 Å². The van der Waals surface area contributed by atoms with E-state index in [4.69, 9.17) is 4.74 Å². The molecule has 3 aromatic rings. The zero-order valence-electron chi connectivity index (χ0n) is 19.5. The standard InChI is InChI=1S/C27H32NO3P.B/c1-27(2,3)31-26(30)28-24(19-21-13-7-4-8-14-21)25(29)20-32(22-15-9-5-10-16-22)23-17-11-6-12-18-23;/h4-18,24-25,29H,19-20H2,1-3H3,(H,28,30);/t24-,25+;/m0./s1. The predicted octanol–water partition coefficient (Wildman–Crippen LogP) is 4.24. The van der Waals surface area contributed by atoms with Crippen LogP contribution in [0.15, 0.2) is 91.0 Å². The molecule has 33 heavy (non-hydrogen) atoms. The molecule has 0 aliphatic carbocycles. The maximum atomic E-state index is 12.6. The lowest BCUT2D eigenvalue weighted by molar-refractivity contribution is 0.0440. The van der Waals surface area contributed by atoms with Gasteiger partial charge in [0.05, 0.1) is 12.1 Å². The van der Waals surface area contributed by atoms with E-state index >= 15 is 0 Å². The second kappa shape index (κ2) is 12.6.